The smallest absolute Gasteiger partial charge is 0.260 e. The maximum Gasteiger partial charge on any atom is 0.260 e. The van der Waals surface area contributed by atoms with E-state index in [9.17, 15) is 4.79 Å². The molecule has 4 nitrogen and oxygen atoms in total. The molecule has 0 fully saturated rings. The van der Waals surface area contributed by atoms with E-state index in [-0.39, 0.29) is 11.6 Å². The number of aromatic nitrogens is 2. The minimum absolute atomic E-state index is 0.105. The van der Waals surface area contributed by atoms with E-state index >= 15 is 0 Å². The molecule has 0 amide bonds. The van der Waals surface area contributed by atoms with Gasteiger partial charge in [-0.2, -0.15) is 0 Å². The fourth-order valence-corrected chi connectivity index (χ4v) is 2.94. The molecule has 0 aliphatic rings. The Morgan fingerprint density at radius 3 is 1.96 bits per heavy atom. The summed E-state index contributed by atoms with van der Waals surface area (Å²) in [5, 5.41) is 3.96. The molecule has 0 aliphatic heterocycles. The van der Waals surface area contributed by atoms with Crippen LogP contribution in [0.4, 0.5) is 5.95 Å². The molecule has 2 N–H and O–H groups in total. The second kappa shape index (κ2) is 6.61. The number of nitrogens with one attached hydrogen (secondary N) is 2. The van der Waals surface area contributed by atoms with Crippen LogP contribution in [0.5, 0.6) is 0 Å². The Morgan fingerprint density at radius 1 is 0.760 bits per heavy atom. The van der Waals surface area contributed by atoms with Crippen LogP contribution in [0, 0.1) is 0 Å². The molecular formula is C21H17N3O. The molecule has 0 aliphatic carbocycles. The monoisotopic (exact) mass is 327 g/mol. The van der Waals surface area contributed by atoms with Crippen molar-refractivity contribution < 1.29 is 0 Å². The maximum absolute atomic E-state index is 12.3. The number of nitrogens with zero attached hydrogens (tertiary/aromatic N) is 1. The van der Waals surface area contributed by atoms with Crippen molar-refractivity contribution in [3.8, 4) is 0 Å². The second-order valence-corrected chi connectivity index (χ2v) is 5.83. The number of hydrogen-bond acceptors (Lipinski definition) is 3. The Bertz CT molecular complexity index is 1000. The van der Waals surface area contributed by atoms with E-state index in [0.717, 1.165) is 11.1 Å². The molecular weight excluding hydrogens is 310 g/mol. The van der Waals surface area contributed by atoms with Gasteiger partial charge in [-0.05, 0) is 23.3 Å². The van der Waals surface area contributed by atoms with Crippen LogP contribution in [0.1, 0.15) is 17.2 Å². The normalized spacial score (nSPS) is 10.9. The summed E-state index contributed by atoms with van der Waals surface area (Å²) in [6.45, 7) is 0. The first kappa shape index (κ1) is 15.1. The highest BCUT2D eigenvalue weighted by atomic mass is 16.1. The van der Waals surface area contributed by atoms with E-state index < -0.39 is 0 Å². The zero-order chi connectivity index (χ0) is 17.1. The highest BCUT2D eigenvalue weighted by Crippen LogP contribution is 2.25. The van der Waals surface area contributed by atoms with Crippen LogP contribution in [0.25, 0.3) is 10.9 Å². The van der Waals surface area contributed by atoms with Crippen LogP contribution in [0.2, 0.25) is 0 Å². The largest absolute Gasteiger partial charge is 0.345 e. The van der Waals surface area contributed by atoms with Crippen molar-refractivity contribution in [3.05, 3.63) is 106 Å². The average molecular weight is 327 g/mol. The minimum atomic E-state index is -0.145. The van der Waals surface area contributed by atoms with Crippen molar-refractivity contribution in [2.45, 2.75) is 6.04 Å². The molecule has 4 rings (SSSR count). The number of para-hydroxylation sites is 1. The third-order valence-electron chi connectivity index (χ3n) is 4.16. The molecule has 0 saturated heterocycles. The van der Waals surface area contributed by atoms with E-state index in [2.05, 4.69) is 39.6 Å². The van der Waals surface area contributed by atoms with Crippen LogP contribution < -0.4 is 10.9 Å². The van der Waals surface area contributed by atoms with Gasteiger partial charge in [0, 0.05) is 0 Å². The van der Waals surface area contributed by atoms with E-state index in [4.69, 9.17) is 0 Å². The Kier molecular flexibility index (Phi) is 4.01. The van der Waals surface area contributed by atoms with Gasteiger partial charge in [0.05, 0.1) is 16.9 Å². The van der Waals surface area contributed by atoms with Gasteiger partial charge in [0.2, 0.25) is 5.95 Å². The van der Waals surface area contributed by atoms with Crippen LogP contribution in [0.3, 0.4) is 0 Å². The maximum atomic E-state index is 12.3. The first-order valence-electron chi connectivity index (χ1n) is 8.17. The summed E-state index contributed by atoms with van der Waals surface area (Å²) >= 11 is 0. The van der Waals surface area contributed by atoms with Crippen LogP contribution in [-0.2, 0) is 0 Å². The number of rotatable bonds is 4. The lowest BCUT2D eigenvalue weighted by molar-refractivity contribution is 0.909. The lowest BCUT2D eigenvalue weighted by Gasteiger charge is -2.20. The molecule has 0 spiro atoms. The highest BCUT2D eigenvalue weighted by Gasteiger charge is 2.15. The predicted molar refractivity (Wildman–Crippen MR) is 101 cm³/mol. The Labute approximate surface area is 145 Å². The molecule has 25 heavy (non-hydrogen) atoms. The number of aromatic amines is 1. The van der Waals surface area contributed by atoms with Gasteiger partial charge in [-0.25, -0.2) is 4.98 Å². The summed E-state index contributed by atoms with van der Waals surface area (Å²) in [7, 11) is 0. The first-order chi connectivity index (χ1) is 12.3. The van der Waals surface area contributed by atoms with Crippen molar-refractivity contribution in [2.24, 2.45) is 0 Å². The third-order valence-corrected chi connectivity index (χ3v) is 4.16. The number of hydrogen-bond donors (Lipinski definition) is 2. The minimum Gasteiger partial charge on any atom is -0.345 e. The molecule has 1 heterocycles. The van der Waals surface area contributed by atoms with Crippen molar-refractivity contribution in [2.75, 3.05) is 5.32 Å². The second-order valence-electron chi connectivity index (χ2n) is 5.83. The lowest BCUT2D eigenvalue weighted by atomic mass is 9.99. The van der Waals surface area contributed by atoms with Crippen molar-refractivity contribution in [1.29, 1.82) is 0 Å². The lowest BCUT2D eigenvalue weighted by Crippen LogP contribution is -2.18. The van der Waals surface area contributed by atoms with Gasteiger partial charge < -0.3 is 5.32 Å². The Morgan fingerprint density at radius 2 is 1.32 bits per heavy atom. The van der Waals surface area contributed by atoms with Gasteiger partial charge >= 0.3 is 0 Å². The Balaban J connectivity index is 1.78. The molecule has 0 atom stereocenters. The van der Waals surface area contributed by atoms with Gasteiger partial charge in [-0.15, -0.1) is 0 Å². The van der Waals surface area contributed by atoms with Crippen LogP contribution in [0.15, 0.2) is 89.7 Å². The summed E-state index contributed by atoms with van der Waals surface area (Å²) < 4.78 is 0. The first-order valence-corrected chi connectivity index (χ1v) is 8.17. The van der Waals surface area contributed by atoms with E-state index in [1.807, 2.05) is 54.6 Å². The summed E-state index contributed by atoms with van der Waals surface area (Å²) in [5.41, 5.74) is 2.73. The summed E-state index contributed by atoms with van der Waals surface area (Å²) in [6.07, 6.45) is 0. The predicted octanol–water partition coefficient (Wildman–Crippen LogP) is 4.12. The molecule has 0 bridgehead atoms. The standard InChI is InChI=1S/C21H17N3O/c25-20-17-13-7-8-14-18(17)22-21(24-20)23-19(15-9-3-1-4-10-15)16-11-5-2-6-12-16/h1-14,19H,(H2,22,23,24,25). The molecule has 1 aromatic heterocycles. The van der Waals surface area contributed by atoms with E-state index in [1.165, 1.54) is 0 Å². The van der Waals surface area contributed by atoms with Gasteiger partial charge in [-0.3, -0.25) is 9.78 Å². The number of H-pyrrole nitrogens is 1. The molecule has 0 radical (unpaired) electrons. The van der Waals surface area contributed by atoms with Crippen molar-refractivity contribution >= 4 is 16.9 Å². The number of anilines is 1. The fourth-order valence-electron chi connectivity index (χ4n) is 2.94. The van der Waals surface area contributed by atoms with Gasteiger partial charge in [0.15, 0.2) is 0 Å². The third kappa shape index (κ3) is 3.15. The van der Waals surface area contributed by atoms with E-state index in [1.54, 1.807) is 6.07 Å². The van der Waals surface area contributed by atoms with Crippen molar-refractivity contribution in [3.63, 3.8) is 0 Å². The Hall–Kier alpha value is -3.40. The fraction of sp³-hybridized carbons (Fsp3) is 0.0476. The number of fused-ring (bicyclic) bond motifs is 1. The molecule has 4 heteroatoms. The summed E-state index contributed by atoms with van der Waals surface area (Å²) in [6, 6.07) is 27.5. The average Bonchev–Trinajstić information content (AvgIpc) is 2.67. The van der Waals surface area contributed by atoms with Crippen molar-refractivity contribution in [1.82, 2.24) is 9.97 Å². The summed E-state index contributed by atoms with van der Waals surface area (Å²) in [5.74, 6) is 0.460. The molecule has 0 saturated carbocycles. The molecule has 3 aromatic carbocycles. The summed E-state index contributed by atoms with van der Waals surface area (Å²) in [4.78, 5) is 19.7. The van der Waals surface area contributed by atoms with Gasteiger partial charge in [-0.1, -0.05) is 72.8 Å². The molecule has 0 unspecified atom stereocenters. The van der Waals surface area contributed by atoms with E-state index in [0.29, 0.717) is 16.9 Å². The topological polar surface area (TPSA) is 57.8 Å². The molecule has 122 valence electrons. The number of benzene rings is 3. The highest BCUT2D eigenvalue weighted by molar-refractivity contribution is 5.78. The van der Waals surface area contributed by atoms with Gasteiger partial charge in [0.25, 0.3) is 5.56 Å². The van der Waals surface area contributed by atoms with Crippen LogP contribution in [-0.4, -0.2) is 9.97 Å². The van der Waals surface area contributed by atoms with Gasteiger partial charge in [0.1, 0.15) is 0 Å². The zero-order valence-electron chi connectivity index (χ0n) is 13.5. The van der Waals surface area contributed by atoms with Crippen LogP contribution >= 0.6 is 0 Å². The quantitative estimate of drug-likeness (QED) is 0.593. The SMILES string of the molecule is O=c1[nH]c(NC(c2ccccc2)c2ccccc2)nc2ccccc12. The molecule has 4 aromatic rings. The zero-order valence-corrected chi connectivity index (χ0v) is 13.5.